The van der Waals surface area contributed by atoms with Crippen LogP contribution in [0.25, 0.3) is 0 Å². The van der Waals surface area contributed by atoms with Gasteiger partial charge >= 0.3 is 5.69 Å². The maximum atomic E-state index is 12.5. The van der Waals surface area contributed by atoms with E-state index in [1.807, 2.05) is 12.1 Å². The Morgan fingerprint density at radius 2 is 2.17 bits per heavy atom. The highest BCUT2D eigenvalue weighted by Crippen LogP contribution is 2.27. The van der Waals surface area contributed by atoms with Gasteiger partial charge in [0, 0.05) is 25.7 Å². The van der Waals surface area contributed by atoms with Crippen LogP contribution < -0.4 is 10.4 Å². The minimum Gasteiger partial charge on any atom is -0.496 e. The van der Waals surface area contributed by atoms with Crippen molar-refractivity contribution in [2.45, 2.75) is 26.4 Å². The third-order valence-electron chi connectivity index (χ3n) is 4.35. The number of hydrogen-bond acceptors (Lipinski definition) is 4. The molecular weight excluding hydrogens is 296 g/mol. The van der Waals surface area contributed by atoms with Crippen molar-refractivity contribution < 1.29 is 9.53 Å². The molecule has 0 aliphatic carbocycles. The summed E-state index contributed by atoms with van der Waals surface area (Å²) in [5.74, 6) is 1.28. The van der Waals surface area contributed by atoms with Crippen molar-refractivity contribution in [1.82, 2.24) is 19.2 Å². The molecule has 3 rings (SSSR count). The van der Waals surface area contributed by atoms with E-state index in [1.165, 1.54) is 14.8 Å². The molecule has 0 atom stereocenters. The third kappa shape index (κ3) is 2.74. The fraction of sp³-hybridized carbons (Fsp3) is 0.438. The highest BCUT2D eigenvalue weighted by Gasteiger charge is 2.24. The first-order chi connectivity index (χ1) is 11.0. The number of aromatic nitrogens is 3. The normalized spacial score (nSPS) is 13.8. The zero-order chi connectivity index (χ0) is 16.6. The smallest absolute Gasteiger partial charge is 0.346 e. The number of aryl methyl sites for hydroxylation is 1. The van der Waals surface area contributed by atoms with Crippen molar-refractivity contribution in [2.75, 3.05) is 13.7 Å². The minimum atomic E-state index is -0.272. The van der Waals surface area contributed by atoms with Gasteiger partial charge in [-0.25, -0.2) is 9.48 Å². The van der Waals surface area contributed by atoms with Gasteiger partial charge in [-0.05, 0) is 25.0 Å². The number of rotatable bonds is 3. The Morgan fingerprint density at radius 3 is 2.83 bits per heavy atom. The van der Waals surface area contributed by atoms with Gasteiger partial charge in [-0.2, -0.15) is 5.10 Å². The van der Waals surface area contributed by atoms with Crippen molar-refractivity contribution >= 4 is 5.91 Å². The number of fused-ring (bicyclic) bond motifs is 1. The van der Waals surface area contributed by atoms with Crippen molar-refractivity contribution in [1.29, 1.82) is 0 Å². The molecule has 7 nitrogen and oxygen atoms in total. The average molecular weight is 316 g/mol. The monoisotopic (exact) mass is 316 g/mol. The summed E-state index contributed by atoms with van der Waals surface area (Å²) in [6.07, 6.45) is 0.786. The lowest BCUT2D eigenvalue weighted by Crippen LogP contribution is -2.40. The zero-order valence-electron chi connectivity index (χ0n) is 13.6. The van der Waals surface area contributed by atoms with Crippen LogP contribution >= 0.6 is 0 Å². The Kier molecular flexibility index (Phi) is 3.94. The highest BCUT2D eigenvalue weighted by molar-refractivity contribution is 5.76. The first-order valence-electron chi connectivity index (χ1n) is 7.54. The molecule has 0 bridgehead atoms. The number of carbonyl (C=O) groups excluding carboxylic acids is 1. The lowest BCUT2D eigenvalue weighted by Gasteiger charge is -2.29. The standard InChI is InChI=1S/C16H20N4O3/c1-11-17-20(16(22)18(11)2)10-15(21)19-8-7-12-5-4-6-14(23-3)13(12)9-19/h4-6H,7-10H2,1-3H3. The lowest BCUT2D eigenvalue weighted by atomic mass is 9.99. The van der Waals surface area contributed by atoms with Crippen LogP contribution in [0.1, 0.15) is 17.0 Å². The van der Waals surface area contributed by atoms with E-state index in [9.17, 15) is 9.59 Å². The number of hydrogen-bond donors (Lipinski definition) is 0. The van der Waals surface area contributed by atoms with E-state index in [-0.39, 0.29) is 18.1 Å². The Bertz CT molecular complexity index is 792. The van der Waals surface area contributed by atoms with E-state index in [2.05, 4.69) is 11.2 Å². The number of nitrogens with zero attached hydrogens (tertiary/aromatic N) is 4. The van der Waals surface area contributed by atoms with Gasteiger partial charge in [0.2, 0.25) is 5.91 Å². The SMILES string of the molecule is COc1cccc2c1CN(C(=O)Cn1nc(C)n(C)c1=O)CC2. The van der Waals surface area contributed by atoms with Crippen LogP contribution in [0.4, 0.5) is 0 Å². The minimum absolute atomic E-state index is 0.0367. The van der Waals surface area contributed by atoms with Crippen molar-refractivity contribution in [3.8, 4) is 5.75 Å². The quantitative estimate of drug-likeness (QED) is 0.826. The van der Waals surface area contributed by atoms with Gasteiger partial charge in [0.15, 0.2) is 0 Å². The number of ether oxygens (including phenoxy) is 1. The van der Waals surface area contributed by atoms with Crippen LogP contribution in [0.3, 0.4) is 0 Å². The van der Waals surface area contributed by atoms with Gasteiger partial charge in [-0.15, -0.1) is 0 Å². The molecule has 2 aromatic rings. The number of amides is 1. The van der Waals surface area contributed by atoms with Crippen LogP contribution in [-0.2, 0) is 31.4 Å². The largest absolute Gasteiger partial charge is 0.496 e. The Labute approximate surface area is 134 Å². The summed E-state index contributed by atoms with van der Waals surface area (Å²) in [7, 11) is 3.28. The lowest BCUT2D eigenvalue weighted by molar-refractivity contribution is -0.133. The van der Waals surface area contributed by atoms with Gasteiger partial charge in [-0.3, -0.25) is 9.36 Å². The Hall–Kier alpha value is -2.57. The Morgan fingerprint density at radius 1 is 1.39 bits per heavy atom. The molecule has 1 amide bonds. The van der Waals surface area contributed by atoms with Crippen molar-refractivity contribution in [3.63, 3.8) is 0 Å². The Balaban J connectivity index is 1.79. The molecular formula is C16H20N4O3. The van der Waals surface area contributed by atoms with Crippen molar-refractivity contribution in [3.05, 3.63) is 45.6 Å². The van der Waals surface area contributed by atoms with E-state index in [0.29, 0.717) is 18.9 Å². The predicted molar refractivity (Wildman–Crippen MR) is 84.3 cm³/mol. The van der Waals surface area contributed by atoms with Crippen LogP contribution in [0.5, 0.6) is 5.75 Å². The predicted octanol–water partition coefficient (Wildman–Crippen LogP) is 0.484. The van der Waals surface area contributed by atoms with E-state index >= 15 is 0 Å². The molecule has 1 aromatic carbocycles. The van der Waals surface area contributed by atoms with Crippen molar-refractivity contribution in [2.24, 2.45) is 7.05 Å². The first kappa shape index (κ1) is 15.3. The van der Waals surface area contributed by atoms with E-state index < -0.39 is 0 Å². The average Bonchev–Trinajstić information content (AvgIpc) is 2.80. The molecule has 0 fully saturated rings. The number of carbonyl (C=O) groups is 1. The van der Waals surface area contributed by atoms with Crippen LogP contribution in [-0.4, -0.2) is 38.8 Å². The molecule has 0 spiro atoms. The second kappa shape index (κ2) is 5.91. The summed E-state index contributed by atoms with van der Waals surface area (Å²) in [6.45, 7) is 2.84. The number of methoxy groups -OCH3 is 1. The molecule has 7 heteroatoms. The topological polar surface area (TPSA) is 69.4 Å². The first-order valence-corrected chi connectivity index (χ1v) is 7.54. The molecule has 0 unspecified atom stereocenters. The summed E-state index contributed by atoms with van der Waals surface area (Å²) < 4.78 is 8.04. The van der Waals surface area contributed by atoms with Gasteiger partial charge in [0.1, 0.15) is 18.1 Å². The summed E-state index contributed by atoms with van der Waals surface area (Å²) in [6, 6.07) is 5.93. The molecule has 0 N–H and O–H groups in total. The maximum absolute atomic E-state index is 12.5. The van der Waals surface area contributed by atoms with Gasteiger partial charge in [0.05, 0.1) is 7.11 Å². The molecule has 1 aliphatic heterocycles. The molecule has 0 saturated heterocycles. The van der Waals surface area contributed by atoms with Gasteiger partial charge in [0.25, 0.3) is 0 Å². The van der Waals surface area contributed by atoms with E-state index in [0.717, 1.165) is 17.7 Å². The fourth-order valence-corrected chi connectivity index (χ4v) is 2.88. The van der Waals surface area contributed by atoms with Gasteiger partial charge in [-0.1, -0.05) is 12.1 Å². The maximum Gasteiger partial charge on any atom is 0.346 e. The molecule has 1 aromatic heterocycles. The van der Waals surface area contributed by atoms with Crippen LogP contribution in [0.2, 0.25) is 0 Å². The highest BCUT2D eigenvalue weighted by atomic mass is 16.5. The summed E-state index contributed by atoms with van der Waals surface area (Å²) in [5.41, 5.74) is 1.98. The van der Waals surface area contributed by atoms with E-state index in [1.54, 1.807) is 26.0 Å². The van der Waals surface area contributed by atoms with Crippen LogP contribution in [0.15, 0.2) is 23.0 Å². The molecule has 122 valence electrons. The fourth-order valence-electron chi connectivity index (χ4n) is 2.88. The zero-order valence-corrected chi connectivity index (χ0v) is 13.6. The number of benzene rings is 1. The van der Waals surface area contributed by atoms with Crippen LogP contribution in [0, 0.1) is 6.92 Å². The second-order valence-electron chi connectivity index (χ2n) is 5.71. The summed E-state index contributed by atoms with van der Waals surface area (Å²) in [4.78, 5) is 26.3. The summed E-state index contributed by atoms with van der Waals surface area (Å²) >= 11 is 0. The van der Waals surface area contributed by atoms with E-state index in [4.69, 9.17) is 4.74 Å². The molecule has 1 aliphatic rings. The van der Waals surface area contributed by atoms with Gasteiger partial charge < -0.3 is 9.64 Å². The summed E-state index contributed by atoms with van der Waals surface area (Å²) in [5, 5.41) is 4.12. The molecule has 0 saturated carbocycles. The molecule has 2 heterocycles. The molecule has 23 heavy (non-hydrogen) atoms. The molecule has 0 radical (unpaired) electrons. The third-order valence-corrected chi connectivity index (χ3v) is 4.35. The second-order valence-corrected chi connectivity index (χ2v) is 5.71.